The molecule has 0 amide bonds. The van der Waals surface area contributed by atoms with Crippen molar-refractivity contribution >= 4 is 10.9 Å². The first kappa shape index (κ1) is 19.5. The van der Waals surface area contributed by atoms with Gasteiger partial charge in [-0.1, -0.05) is 37.8 Å². The highest BCUT2D eigenvalue weighted by molar-refractivity contribution is 5.87. The molecule has 0 saturated heterocycles. The van der Waals surface area contributed by atoms with Crippen LogP contribution in [0.1, 0.15) is 50.0 Å². The van der Waals surface area contributed by atoms with Crippen LogP contribution in [0.3, 0.4) is 0 Å². The summed E-state index contributed by atoms with van der Waals surface area (Å²) < 4.78 is 18.2. The molecule has 0 aliphatic heterocycles. The normalized spacial score (nSPS) is 11.4. The van der Waals surface area contributed by atoms with Crippen LogP contribution in [0, 0.1) is 6.92 Å². The van der Waals surface area contributed by atoms with Crippen LogP contribution in [0.15, 0.2) is 23.0 Å². The van der Waals surface area contributed by atoms with Crippen molar-refractivity contribution < 1.29 is 14.2 Å². The van der Waals surface area contributed by atoms with E-state index in [4.69, 9.17) is 14.2 Å². The quantitative estimate of drug-likeness (QED) is 0.504. The molecule has 0 aliphatic carbocycles. The maximum absolute atomic E-state index is 13.2. The number of aromatic nitrogens is 1. The number of fused-ring (bicyclic) bond motifs is 1. The summed E-state index contributed by atoms with van der Waals surface area (Å²) in [5.41, 5.74) is 2.30. The molecule has 0 saturated carbocycles. The van der Waals surface area contributed by atoms with Crippen LogP contribution < -0.4 is 10.3 Å². The van der Waals surface area contributed by atoms with Crippen LogP contribution >= 0.6 is 0 Å². The van der Waals surface area contributed by atoms with Crippen LogP contribution in [-0.2, 0) is 16.0 Å². The highest BCUT2D eigenvalue weighted by Gasteiger charge is 2.24. The number of aryl methyl sites for hydroxylation is 2. The third-order valence-corrected chi connectivity index (χ3v) is 4.51. The lowest BCUT2D eigenvalue weighted by molar-refractivity contribution is -0.107. The molecule has 5 nitrogen and oxygen atoms in total. The molecule has 0 radical (unpaired) electrons. The zero-order valence-electron chi connectivity index (χ0n) is 15.9. The molecule has 0 bridgehead atoms. The van der Waals surface area contributed by atoms with Gasteiger partial charge >= 0.3 is 0 Å². The van der Waals surface area contributed by atoms with Gasteiger partial charge in [0, 0.05) is 26.2 Å². The highest BCUT2D eigenvalue weighted by atomic mass is 16.7. The van der Waals surface area contributed by atoms with Crippen molar-refractivity contribution in [2.24, 2.45) is 0 Å². The van der Waals surface area contributed by atoms with Gasteiger partial charge in [0.25, 0.3) is 5.56 Å². The average Bonchev–Trinajstić information content (AvgIpc) is 2.62. The van der Waals surface area contributed by atoms with Gasteiger partial charge in [0.05, 0.1) is 12.6 Å². The van der Waals surface area contributed by atoms with Gasteiger partial charge in [-0.2, -0.15) is 0 Å². The molecule has 138 valence electrons. The summed E-state index contributed by atoms with van der Waals surface area (Å²) in [6, 6.07) is 6.06. The third-order valence-electron chi connectivity index (χ3n) is 4.51. The Labute approximate surface area is 149 Å². The Morgan fingerprint density at radius 2 is 1.80 bits per heavy atom. The Morgan fingerprint density at radius 3 is 2.40 bits per heavy atom. The van der Waals surface area contributed by atoms with Crippen LogP contribution in [0.2, 0.25) is 0 Å². The van der Waals surface area contributed by atoms with E-state index in [0.717, 1.165) is 35.7 Å². The minimum Gasteiger partial charge on any atom is -0.495 e. The summed E-state index contributed by atoms with van der Waals surface area (Å²) in [7, 11) is 4.63. The van der Waals surface area contributed by atoms with Gasteiger partial charge in [0.1, 0.15) is 11.3 Å². The predicted octanol–water partition coefficient (Wildman–Crippen LogP) is 4.19. The van der Waals surface area contributed by atoms with Gasteiger partial charge in [-0.15, -0.1) is 0 Å². The van der Waals surface area contributed by atoms with E-state index in [1.54, 1.807) is 7.11 Å². The first-order chi connectivity index (χ1) is 12.1. The summed E-state index contributed by atoms with van der Waals surface area (Å²) in [6.45, 7) is 4.88. The second kappa shape index (κ2) is 9.02. The van der Waals surface area contributed by atoms with E-state index in [1.807, 2.05) is 29.7 Å². The fourth-order valence-corrected chi connectivity index (χ4v) is 3.24. The lowest BCUT2D eigenvalue weighted by Crippen LogP contribution is -2.28. The van der Waals surface area contributed by atoms with Crippen molar-refractivity contribution in [2.45, 2.75) is 52.4 Å². The van der Waals surface area contributed by atoms with Gasteiger partial charge in [0.2, 0.25) is 0 Å². The molecule has 1 heterocycles. The van der Waals surface area contributed by atoms with Crippen molar-refractivity contribution in [1.82, 2.24) is 4.57 Å². The Hall–Kier alpha value is -1.85. The Kier molecular flexibility index (Phi) is 7.02. The predicted molar refractivity (Wildman–Crippen MR) is 100 cm³/mol. The zero-order chi connectivity index (χ0) is 18.4. The van der Waals surface area contributed by atoms with Crippen molar-refractivity contribution in [3.63, 3.8) is 0 Å². The average molecular weight is 347 g/mol. The minimum atomic E-state index is -0.755. The van der Waals surface area contributed by atoms with E-state index in [1.165, 1.54) is 20.6 Å². The van der Waals surface area contributed by atoms with Crippen molar-refractivity contribution in [3.8, 4) is 5.75 Å². The molecule has 2 rings (SSSR count). The summed E-state index contributed by atoms with van der Waals surface area (Å²) in [5, 5.41) is 0.909. The fourth-order valence-electron chi connectivity index (χ4n) is 3.24. The number of hydrogen-bond acceptors (Lipinski definition) is 4. The Morgan fingerprint density at radius 1 is 1.08 bits per heavy atom. The minimum absolute atomic E-state index is 0.113. The van der Waals surface area contributed by atoms with E-state index in [9.17, 15) is 4.79 Å². The van der Waals surface area contributed by atoms with Crippen LogP contribution in [0.25, 0.3) is 10.9 Å². The molecule has 0 spiro atoms. The summed E-state index contributed by atoms with van der Waals surface area (Å²) in [4.78, 5) is 13.2. The Balaban J connectivity index is 2.68. The van der Waals surface area contributed by atoms with Gasteiger partial charge in [-0.3, -0.25) is 4.79 Å². The molecule has 0 aliphatic rings. The summed E-state index contributed by atoms with van der Waals surface area (Å²) in [5.74, 6) is 0.530. The molecule has 1 aromatic heterocycles. The number of hydrogen-bond donors (Lipinski definition) is 0. The number of ether oxygens (including phenoxy) is 3. The highest BCUT2D eigenvalue weighted by Crippen LogP contribution is 2.33. The van der Waals surface area contributed by atoms with Gasteiger partial charge in [-0.25, -0.2) is 0 Å². The van der Waals surface area contributed by atoms with Crippen LogP contribution in [0.5, 0.6) is 5.75 Å². The van der Waals surface area contributed by atoms with Crippen molar-refractivity contribution in [3.05, 3.63) is 39.7 Å². The first-order valence-corrected chi connectivity index (χ1v) is 8.85. The number of rotatable bonds is 9. The van der Waals surface area contributed by atoms with Gasteiger partial charge in [-0.05, 0) is 25.5 Å². The Bertz CT molecular complexity index is 762. The lowest BCUT2D eigenvalue weighted by Gasteiger charge is -2.21. The second-order valence-corrected chi connectivity index (χ2v) is 6.29. The first-order valence-electron chi connectivity index (χ1n) is 8.85. The van der Waals surface area contributed by atoms with E-state index in [2.05, 4.69) is 6.92 Å². The molecule has 2 aromatic rings. The molecule has 0 N–H and O–H groups in total. The van der Waals surface area contributed by atoms with E-state index >= 15 is 0 Å². The molecule has 25 heavy (non-hydrogen) atoms. The summed E-state index contributed by atoms with van der Waals surface area (Å²) >= 11 is 0. The molecule has 1 aromatic carbocycles. The molecule has 0 fully saturated rings. The maximum atomic E-state index is 13.2. The van der Waals surface area contributed by atoms with E-state index in [0.29, 0.717) is 17.9 Å². The number of benzene rings is 1. The zero-order valence-corrected chi connectivity index (χ0v) is 15.9. The molecular formula is C20H29NO4. The van der Waals surface area contributed by atoms with Gasteiger partial charge in [0.15, 0.2) is 6.29 Å². The number of nitrogens with zero attached hydrogens (tertiary/aromatic N) is 1. The topological polar surface area (TPSA) is 49.7 Å². The third kappa shape index (κ3) is 4.05. The monoisotopic (exact) mass is 347 g/mol. The van der Waals surface area contributed by atoms with Crippen molar-refractivity contribution in [1.29, 1.82) is 0 Å². The molecular weight excluding hydrogens is 318 g/mol. The number of pyridine rings is 1. The smallest absolute Gasteiger partial charge is 0.263 e. The molecule has 0 unspecified atom stereocenters. The summed E-state index contributed by atoms with van der Waals surface area (Å²) in [6.07, 6.45) is 3.66. The van der Waals surface area contributed by atoms with Crippen LogP contribution in [-0.4, -0.2) is 25.9 Å². The lowest BCUT2D eigenvalue weighted by atomic mass is 10.1. The fraction of sp³-hybridized carbons (Fsp3) is 0.550. The number of methoxy groups -OCH3 is 3. The molecule has 0 atom stereocenters. The molecule has 5 heteroatoms. The van der Waals surface area contributed by atoms with E-state index < -0.39 is 6.29 Å². The SMILES string of the molecule is CCCCCCn1c(=O)c(C(OC)OC)c(OC)c2cc(C)ccc21. The standard InChI is InChI=1S/C20H29NO4/c1-6-7-8-9-12-21-16-11-10-14(2)13-15(16)18(23-3)17(19(21)22)20(24-4)25-5/h10-11,13,20H,6-9,12H2,1-5H3. The maximum Gasteiger partial charge on any atom is 0.263 e. The van der Waals surface area contributed by atoms with Crippen molar-refractivity contribution in [2.75, 3.05) is 21.3 Å². The largest absolute Gasteiger partial charge is 0.495 e. The number of unbranched alkanes of at least 4 members (excludes halogenated alkanes) is 3. The second-order valence-electron chi connectivity index (χ2n) is 6.29. The van der Waals surface area contributed by atoms with Gasteiger partial charge < -0.3 is 18.8 Å². The van der Waals surface area contributed by atoms with Crippen LogP contribution in [0.4, 0.5) is 0 Å². The van der Waals surface area contributed by atoms with E-state index in [-0.39, 0.29) is 5.56 Å².